The van der Waals surface area contributed by atoms with Crippen molar-refractivity contribution in [2.75, 3.05) is 13.1 Å². The number of halogens is 1. The number of nitrogens with zero attached hydrogens (tertiary/aromatic N) is 4. The molecular weight excluding hydrogens is 465 g/mol. The fraction of sp³-hybridized carbons (Fsp3) is 0.385. The van der Waals surface area contributed by atoms with Crippen LogP contribution < -0.4 is 15.2 Å². The average molecular weight is 494 g/mol. The zero-order valence-corrected chi connectivity index (χ0v) is 20.0. The highest BCUT2D eigenvalue weighted by Gasteiger charge is 2.34. The number of likely N-dealkylation sites (tertiary alicyclic amines) is 1. The number of nitrogens with two attached hydrogens (primary N) is 1. The Morgan fingerprint density at radius 1 is 1.14 bits per heavy atom. The molecular formula is C26H28FN5O4. The first kappa shape index (κ1) is 23.8. The molecule has 0 radical (unpaired) electrons. The lowest BCUT2D eigenvalue weighted by atomic mass is 10.0. The molecule has 5 rings (SSSR count). The van der Waals surface area contributed by atoms with Gasteiger partial charge in [-0.2, -0.15) is 0 Å². The fourth-order valence-corrected chi connectivity index (χ4v) is 4.23. The van der Waals surface area contributed by atoms with E-state index in [0.717, 1.165) is 29.8 Å². The van der Waals surface area contributed by atoms with Gasteiger partial charge < -0.3 is 24.7 Å². The standard InChI is InChI=1S/C26H28FN5O4/c1-31-15-29-13-22(31)17-11-20(25(28)34)26(30-12-17)36-23-8-9-32(14-21(23)27)24(33)10-16-2-4-18(5-3-16)35-19-6-7-19/h2-5,11-13,15,19,21,23H,6-10,14H2,1H3,(H2,28,34)/t21?,23-/m1/s1. The zero-order valence-electron chi connectivity index (χ0n) is 20.0. The van der Waals surface area contributed by atoms with Gasteiger partial charge in [-0.25, -0.2) is 14.4 Å². The largest absolute Gasteiger partial charge is 0.490 e. The molecule has 1 aliphatic heterocycles. The van der Waals surface area contributed by atoms with E-state index in [4.69, 9.17) is 15.2 Å². The zero-order chi connectivity index (χ0) is 25.2. The molecule has 2 amide bonds. The first-order valence-electron chi connectivity index (χ1n) is 12.0. The van der Waals surface area contributed by atoms with Crippen molar-refractivity contribution in [2.45, 2.75) is 44.1 Å². The van der Waals surface area contributed by atoms with Gasteiger partial charge in [-0.05, 0) is 36.6 Å². The van der Waals surface area contributed by atoms with Crippen LogP contribution in [0.5, 0.6) is 11.6 Å². The number of carbonyl (C=O) groups is 2. The molecule has 1 saturated heterocycles. The van der Waals surface area contributed by atoms with Crippen molar-refractivity contribution in [3.05, 3.63) is 60.2 Å². The molecule has 188 valence electrons. The van der Waals surface area contributed by atoms with E-state index < -0.39 is 18.2 Å². The summed E-state index contributed by atoms with van der Waals surface area (Å²) in [6, 6.07) is 9.02. The minimum Gasteiger partial charge on any atom is -0.490 e. The summed E-state index contributed by atoms with van der Waals surface area (Å²) >= 11 is 0. The number of imidazole rings is 1. The molecule has 2 aliphatic rings. The molecule has 3 aromatic rings. The summed E-state index contributed by atoms with van der Waals surface area (Å²) in [5.41, 5.74) is 7.85. The van der Waals surface area contributed by atoms with Crippen molar-refractivity contribution in [1.29, 1.82) is 0 Å². The van der Waals surface area contributed by atoms with Crippen molar-refractivity contribution < 1.29 is 23.5 Å². The summed E-state index contributed by atoms with van der Waals surface area (Å²) in [4.78, 5) is 34.7. The topological polar surface area (TPSA) is 113 Å². The Kier molecular flexibility index (Phi) is 6.58. The SMILES string of the molecule is Cn1cncc1-c1cnc(O[C@@H]2CCN(C(=O)Cc3ccc(OC4CC4)cc3)CC2F)c(C(N)=O)c1. The van der Waals surface area contributed by atoms with Crippen LogP contribution in [0.1, 0.15) is 35.2 Å². The molecule has 3 heterocycles. The van der Waals surface area contributed by atoms with Crippen LogP contribution in [0.4, 0.5) is 4.39 Å². The lowest BCUT2D eigenvalue weighted by Gasteiger charge is -2.34. The van der Waals surface area contributed by atoms with Gasteiger partial charge in [0.05, 0.1) is 37.3 Å². The van der Waals surface area contributed by atoms with Crippen LogP contribution in [0.3, 0.4) is 0 Å². The maximum atomic E-state index is 15.1. The van der Waals surface area contributed by atoms with Crippen molar-refractivity contribution in [1.82, 2.24) is 19.4 Å². The number of carbonyl (C=O) groups excluding carboxylic acids is 2. The second-order valence-corrected chi connectivity index (χ2v) is 9.27. The Labute approximate surface area is 208 Å². The van der Waals surface area contributed by atoms with Crippen LogP contribution in [0, 0.1) is 0 Å². The van der Waals surface area contributed by atoms with Crippen LogP contribution in [-0.2, 0) is 18.3 Å². The summed E-state index contributed by atoms with van der Waals surface area (Å²) < 4.78 is 28.4. The Morgan fingerprint density at radius 2 is 1.92 bits per heavy atom. The first-order chi connectivity index (χ1) is 17.4. The van der Waals surface area contributed by atoms with Crippen LogP contribution in [0.2, 0.25) is 0 Å². The molecule has 1 saturated carbocycles. The minimum absolute atomic E-state index is 0.0191. The van der Waals surface area contributed by atoms with Gasteiger partial charge in [0.25, 0.3) is 5.91 Å². The van der Waals surface area contributed by atoms with Crippen molar-refractivity contribution in [3.63, 3.8) is 0 Å². The highest BCUT2D eigenvalue weighted by Crippen LogP contribution is 2.28. The summed E-state index contributed by atoms with van der Waals surface area (Å²) in [7, 11) is 1.82. The number of aryl methyl sites for hydroxylation is 1. The molecule has 2 atom stereocenters. The number of amides is 2. The third kappa shape index (κ3) is 5.32. The second kappa shape index (κ2) is 9.96. The van der Waals surface area contributed by atoms with E-state index in [1.807, 2.05) is 31.3 Å². The van der Waals surface area contributed by atoms with E-state index in [1.165, 1.54) is 11.1 Å². The smallest absolute Gasteiger partial charge is 0.254 e. The van der Waals surface area contributed by atoms with Crippen LogP contribution >= 0.6 is 0 Å². The van der Waals surface area contributed by atoms with E-state index in [2.05, 4.69) is 9.97 Å². The van der Waals surface area contributed by atoms with Crippen LogP contribution in [-0.4, -0.2) is 62.7 Å². The Bertz CT molecular complexity index is 1260. The van der Waals surface area contributed by atoms with E-state index >= 15 is 4.39 Å². The van der Waals surface area contributed by atoms with Crippen molar-refractivity contribution >= 4 is 11.8 Å². The number of aromatic nitrogens is 3. The predicted molar refractivity (Wildman–Crippen MR) is 129 cm³/mol. The minimum atomic E-state index is -1.43. The molecule has 9 nitrogen and oxygen atoms in total. The van der Waals surface area contributed by atoms with Gasteiger partial charge in [-0.1, -0.05) is 12.1 Å². The second-order valence-electron chi connectivity index (χ2n) is 9.27. The normalized spacial score (nSPS) is 19.7. The number of ether oxygens (including phenoxy) is 2. The number of hydrogen-bond donors (Lipinski definition) is 1. The highest BCUT2D eigenvalue weighted by molar-refractivity contribution is 5.96. The number of alkyl halides is 1. The van der Waals surface area contributed by atoms with Crippen molar-refractivity contribution in [2.24, 2.45) is 12.8 Å². The summed E-state index contributed by atoms with van der Waals surface area (Å²) in [5.74, 6) is -0.0938. The number of pyridine rings is 1. The van der Waals surface area contributed by atoms with Crippen LogP contribution in [0.25, 0.3) is 11.3 Å². The fourth-order valence-electron chi connectivity index (χ4n) is 4.23. The third-order valence-corrected chi connectivity index (χ3v) is 6.43. The number of rotatable bonds is 8. The molecule has 36 heavy (non-hydrogen) atoms. The van der Waals surface area contributed by atoms with Gasteiger partial charge in [0.15, 0.2) is 6.17 Å². The number of benzene rings is 1. The average Bonchev–Trinajstić information content (AvgIpc) is 3.58. The molecule has 2 fully saturated rings. The van der Waals surface area contributed by atoms with Gasteiger partial charge in [-0.15, -0.1) is 0 Å². The quantitative estimate of drug-likeness (QED) is 0.516. The van der Waals surface area contributed by atoms with E-state index in [0.29, 0.717) is 18.2 Å². The lowest BCUT2D eigenvalue weighted by Crippen LogP contribution is -2.49. The Morgan fingerprint density at radius 3 is 2.56 bits per heavy atom. The monoisotopic (exact) mass is 493 g/mol. The number of hydrogen-bond acceptors (Lipinski definition) is 6. The van der Waals surface area contributed by atoms with E-state index in [1.54, 1.807) is 23.2 Å². The van der Waals surface area contributed by atoms with Gasteiger partial charge in [0, 0.05) is 31.8 Å². The summed E-state index contributed by atoms with van der Waals surface area (Å²) in [5, 5.41) is 0. The maximum Gasteiger partial charge on any atom is 0.254 e. The maximum absolute atomic E-state index is 15.1. The van der Waals surface area contributed by atoms with Crippen molar-refractivity contribution in [3.8, 4) is 22.9 Å². The molecule has 1 aliphatic carbocycles. The van der Waals surface area contributed by atoms with Gasteiger partial charge >= 0.3 is 0 Å². The number of piperidine rings is 1. The van der Waals surface area contributed by atoms with Gasteiger partial charge in [0.2, 0.25) is 11.8 Å². The van der Waals surface area contributed by atoms with E-state index in [9.17, 15) is 9.59 Å². The first-order valence-corrected chi connectivity index (χ1v) is 12.0. The molecule has 2 aromatic heterocycles. The number of primary amides is 1. The summed E-state index contributed by atoms with van der Waals surface area (Å²) in [6.07, 6.45) is 5.46. The Hall–Kier alpha value is -3.95. The molecule has 0 spiro atoms. The Balaban J connectivity index is 1.20. The highest BCUT2D eigenvalue weighted by atomic mass is 19.1. The molecule has 2 N–H and O–H groups in total. The molecule has 1 unspecified atom stereocenters. The van der Waals surface area contributed by atoms with Gasteiger partial charge in [0.1, 0.15) is 17.4 Å². The molecule has 10 heteroatoms. The van der Waals surface area contributed by atoms with E-state index in [-0.39, 0.29) is 36.7 Å². The predicted octanol–water partition coefficient (Wildman–Crippen LogP) is 2.68. The van der Waals surface area contributed by atoms with Crippen LogP contribution in [0.15, 0.2) is 49.1 Å². The summed E-state index contributed by atoms with van der Waals surface area (Å²) in [6.45, 7) is 0.247. The lowest BCUT2D eigenvalue weighted by molar-refractivity contribution is -0.134. The third-order valence-electron chi connectivity index (χ3n) is 6.43. The molecule has 1 aromatic carbocycles. The molecule has 0 bridgehead atoms. The van der Waals surface area contributed by atoms with Gasteiger partial charge in [-0.3, -0.25) is 9.59 Å².